The highest BCUT2D eigenvalue weighted by molar-refractivity contribution is 7.86. The fourth-order valence-electron chi connectivity index (χ4n) is 3.02. The zero-order chi connectivity index (χ0) is 19.4. The van der Waals surface area contributed by atoms with Crippen molar-refractivity contribution in [3.05, 3.63) is 64.7 Å². The van der Waals surface area contributed by atoms with Crippen molar-refractivity contribution >= 4 is 21.8 Å². The summed E-state index contributed by atoms with van der Waals surface area (Å²) in [6.07, 6.45) is 1.75. The van der Waals surface area contributed by atoms with E-state index in [4.69, 9.17) is 11.6 Å². The molecule has 0 spiro atoms. The predicted molar refractivity (Wildman–Crippen MR) is 103 cm³/mol. The molecule has 6 nitrogen and oxygen atoms in total. The van der Waals surface area contributed by atoms with Gasteiger partial charge in [-0.05, 0) is 24.3 Å². The number of nitrogens with zero attached hydrogens (tertiary/aromatic N) is 4. The lowest BCUT2D eigenvalue weighted by molar-refractivity contribution is 0.174. The van der Waals surface area contributed by atoms with Gasteiger partial charge in [0, 0.05) is 63.1 Å². The molecular formula is C18H22ClFN4O2S. The molecule has 2 heterocycles. The minimum atomic E-state index is -3.69. The molecule has 0 radical (unpaired) electrons. The summed E-state index contributed by atoms with van der Waals surface area (Å²) in [4.78, 5) is 6.47. The van der Waals surface area contributed by atoms with Crippen LogP contribution in [0.25, 0.3) is 0 Å². The van der Waals surface area contributed by atoms with E-state index < -0.39 is 16.0 Å². The maximum absolute atomic E-state index is 14.0. The van der Waals surface area contributed by atoms with Crippen LogP contribution in [-0.2, 0) is 23.3 Å². The van der Waals surface area contributed by atoms with Crippen LogP contribution < -0.4 is 0 Å². The van der Waals surface area contributed by atoms with Gasteiger partial charge in [0.15, 0.2) is 0 Å². The predicted octanol–water partition coefficient (Wildman–Crippen LogP) is 2.37. The van der Waals surface area contributed by atoms with E-state index in [0.717, 1.165) is 10.00 Å². The summed E-state index contributed by atoms with van der Waals surface area (Å²) in [6.45, 7) is 2.57. The summed E-state index contributed by atoms with van der Waals surface area (Å²) in [5, 5.41) is 0.220. The van der Waals surface area contributed by atoms with Gasteiger partial charge in [-0.1, -0.05) is 23.7 Å². The molecule has 1 aromatic heterocycles. The number of aromatic nitrogens is 1. The Morgan fingerprint density at radius 3 is 2.52 bits per heavy atom. The van der Waals surface area contributed by atoms with Gasteiger partial charge in [-0.25, -0.2) is 4.39 Å². The quantitative estimate of drug-likeness (QED) is 0.731. The number of pyridine rings is 1. The average molecular weight is 413 g/mol. The topological polar surface area (TPSA) is 56.8 Å². The molecule has 0 atom stereocenters. The highest BCUT2D eigenvalue weighted by atomic mass is 35.5. The van der Waals surface area contributed by atoms with Gasteiger partial charge in [-0.3, -0.25) is 9.88 Å². The standard InChI is InChI=1S/C18H22ClFN4O2S/c1-22(14-16-17(19)6-4-7-18(16)20)27(25,26)24-11-9-23(10-12-24)13-15-5-2-3-8-21-15/h2-8H,9-14H2,1H3. The summed E-state index contributed by atoms with van der Waals surface area (Å²) in [5.41, 5.74) is 1.14. The normalized spacial score (nSPS) is 16.7. The largest absolute Gasteiger partial charge is 0.295 e. The number of rotatable bonds is 6. The molecule has 0 bridgehead atoms. The highest BCUT2D eigenvalue weighted by Gasteiger charge is 2.31. The van der Waals surface area contributed by atoms with Crippen LogP contribution >= 0.6 is 11.6 Å². The first-order valence-corrected chi connectivity index (χ1v) is 10.4. The molecule has 0 aliphatic carbocycles. The van der Waals surface area contributed by atoms with E-state index in [0.29, 0.717) is 32.7 Å². The Kier molecular flexibility index (Phi) is 6.44. The first kappa shape index (κ1) is 20.2. The van der Waals surface area contributed by atoms with Crippen molar-refractivity contribution < 1.29 is 12.8 Å². The Balaban J connectivity index is 1.61. The summed E-state index contributed by atoms with van der Waals surface area (Å²) >= 11 is 6.02. The van der Waals surface area contributed by atoms with Crippen molar-refractivity contribution in [1.29, 1.82) is 0 Å². The minimum Gasteiger partial charge on any atom is -0.295 e. The molecule has 3 rings (SSSR count). The van der Waals surface area contributed by atoms with Gasteiger partial charge in [0.25, 0.3) is 10.2 Å². The van der Waals surface area contributed by atoms with Gasteiger partial charge in [0.1, 0.15) is 5.82 Å². The van der Waals surface area contributed by atoms with Crippen LogP contribution in [0.5, 0.6) is 0 Å². The smallest absolute Gasteiger partial charge is 0.282 e. The van der Waals surface area contributed by atoms with E-state index in [1.165, 1.54) is 23.5 Å². The first-order chi connectivity index (χ1) is 12.9. The molecule has 9 heteroatoms. The highest BCUT2D eigenvalue weighted by Crippen LogP contribution is 2.22. The van der Waals surface area contributed by atoms with Crippen molar-refractivity contribution in [3.63, 3.8) is 0 Å². The third-order valence-electron chi connectivity index (χ3n) is 4.61. The second kappa shape index (κ2) is 8.62. The van der Waals surface area contributed by atoms with E-state index >= 15 is 0 Å². The van der Waals surface area contributed by atoms with Crippen molar-refractivity contribution in [2.45, 2.75) is 13.1 Å². The minimum absolute atomic E-state index is 0.109. The molecule has 0 saturated carbocycles. The lowest BCUT2D eigenvalue weighted by Gasteiger charge is -2.35. The first-order valence-electron chi connectivity index (χ1n) is 8.64. The Hall–Kier alpha value is -1.58. The summed E-state index contributed by atoms with van der Waals surface area (Å²) < 4.78 is 42.2. The van der Waals surface area contributed by atoms with Gasteiger partial charge in [0.2, 0.25) is 0 Å². The number of piperazine rings is 1. The fraction of sp³-hybridized carbons (Fsp3) is 0.389. The van der Waals surface area contributed by atoms with Crippen LogP contribution in [0.1, 0.15) is 11.3 Å². The third-order valence-corrected chi connectivity index (χ3v) is 6.89. The number of benzene rings is 1. The molecule has 1 aliphatic rings. The van der Waals surface area contributed by atoms with Gasteiger partial charge in [-0.2, -0.15) is 17.0 Å². The molecule has 1 fully saturated rings. The number of hydrogen-bond donors (Lipinski definition) is 0. The Labute approximate surface area is 164 Å². The molecule has 1 aliphatic heterocycles. The zero-order valence-corrected chi connectivity index (χ0v) is 16.6. The third kappa shape index (κ3) is 4.83. The SMILES string of the molecule is CN(Cc1c(F)cccc1Cl)S(=O)(=O)N1CCN(Cc2ccccn2)CC1. The average Bonchev–Trinajstić information content (AvgIpc) is 2.66. The monoisotopic (exact) mass is 412 g/mol. The zero-order valence-electron chi connectivity index (χ0n) is 15.1. The van der Waals surface area contributed by atoms with Crippen molar-refractivity contribution in [3.8, 4) is 0 Å². The van der Waals surface area contributed by atoms with E-state index in [1.807, 2.05) is 18.2 Å². The van der Waals surface area contributed by atoms with Gasteiger partial charge >= 0.3 is 0 Å². The van der Waals surface area contributed by atoms with E-state index in [1.54, 1.807) is 12.3 Å². The van der Waals surface area contributed by atoms with Gasteiger partial charge < -0.3 is 0 Å². The van der Waals surface area contributed by atoms with Crippen LogP contribution in [0.2, 0.25) is 5.02 Å². The second-order valence-electron chi connectivity index (χ2n) is 6.46. The molecule has 1 saturated heterocycles. The number of halogens is 2. The van der Waals surface area contributed by atoms with Crippen LogP contribution in [0.3, 0.4) is 0 Å². The molecule has 0 unspecified atom stereocenters. The van der Waals surface area contributed by atoms with E-state index in [9.17, 15) is 12.8 Å². The second-order valence-corrected chi connectivity index (χ2v) is 8.90. The molecule has 1 aromatic carbocycles. The Morgan fingerprint density at radius 1 is 1.15 bits per heavy atom. The van der Waals surface area contributed by atoms with Crippen LogP contribution in [0.15, 0.2) is 42.6 Å². The Bertz CT molecular complexity index is 854. The molecular weight excluding hydrogens is 391 g/mol. The summed E-state index contributed by atoms with van der Waals surface area (Å²) in [5.74, 6) is -0.510. The van der Waals surface area contributed by atoms with E-state index in [-0.39, 0.29) is 17.1 Å². The van der Waals surface area contributed by atoms with Gasteiger partial charge in [-0.15, -0.1) is 0 Å². The Morgan fingerprint density at radius 2 is 1.89 bits per heavy atom. The fourth-order valence-corrected chi connectivity index (χ4v) is 4.56. The van der Waals surface area contributed by atoms with E-state index in [2.05, 4.69) is 9.88 Å². The molecule has 27 heavy (non-hydrogen) atoms. The lowest BCUT2D eigenvalue weighted by Crippen LogP contribution is -2.51. The van der Waals surface area contributed by atoms with Crippen molar-refractivity contribution in [2.75, 3.05) is 33.2 Å². The van der Waals surface area contributed by atoms with Crippen molar-refractivity contribution in [2.24, 2.45) is 0 Å². The van der Waals surface area contributed by atoms with Gasteiger partial charge in [0.05, 0.1) is 5.69 Å². The maximum Gasteiger partial charge on any atom is 0.282 e. The van der Waals surface area contributed by atoms with Crippen LogP contribution in [0.4, 0.5) is 4.39 Å². The summed E-state index contributed by atoms with van der Waals surface area (Å²) in [6, 6.07) is 10.1. The van der Waals surface area contributed by atoms with Crippen molar-refractivity contribution in [1.82, 2.24) is 18.5 Å². The lowest BCUT2D eigenvalue weighted by atomic mass is 10.2. The number of hydrogen-bond acceptors (Lipinski definition) is 4. The maximum atomic E-state index is 14.0. The molecule has 2 aromatic rings. The van der Waals surface area contributed by atoms with Crippen LogP contribution in [-0.4, -0.2) is 60.1 Å². The molecule has 0 amide bonds. The van der Waals surface area contributed by atoms with Crippen LogP contribution in [0, 0.1) is 5.82 Å². The summed E-state index contributed by atoms with van der Waals surface area (Å²) in [7, 11) is -2.25. The molecule has 146 valence electrons. The molecule has 0 N–H and O–H groups in total.